The average Bonchev–Trinajstić information content (AvgIpc) is 2.15. The van der Waals surface area contributed by atoms with Gasteiger partial charge in [-0.25, -0.2) is 0 Å². The van der Waals surface area contributed by atoms with Crippen molar-refractivity contribution in [3.05, 3.63) is 0 Å². The third kappa shape index (κ3) is 0.480. The predicted octanol–water partition coefficient (Wildman–Crippen LogP) is 1.33. The van der Waals surface area contributed by atoms with Crippen molar-refractivity contribution >= 4 is 0 Å². The first-order valence-corrected chi connectivity index (χ1v) is 3.05. The van der Waals surface area contributed by atoms with Crippen molar-refractivity contribution in [2.24, 2.45) is 0 Å². The Kier molecular flexibility index (Phi) is 0.571. The van der Waals surface area contributed by atoms with Crippen LogP contribution in [0.2, 0.25) is 0 Å². The van der Waals surface area contributed by atoms with E-state index in [1.807, 2.05) is 0 Å². The molecule has 1 saturated carbocycles. The van der Waals surface area contributed by atoms with Gasteiger partial charge in [0.25, 0.3) is 0 Å². The molecule has 0 aromatic rings. The van der Waals surface area contributed by atoms with Crippen molar-refractivity contribution in [1.82, 2.24) is 0 Å². The average molecular weight is 98.1 g/mol. The van der Waals surface area contributed by atoms with E-state index >= 15 is 0 Å². The van der Waals surface area contributed by atoms with Gasteiger partial charge in [-0.05, 0) is 25.7 Å². The summed E-state index contributed by atoms with van der Waals surface area (Å²) in [5, 5.41) is 0. The lowest BCUT2D eigenvalue weighted by atomic mass is 10.2. The molecule has 1 aliphatic heterocycles. The van der Waals surface area contributed by atoms with Crippen molar-refractivity contribution in [1.29, 1.82) is 0 Å². The Balaban J connectivity index is 2.07. The summed E-state index contributed by atoms with van der Waals surface area (Å²) in [5.41, 5.74) is 0.444. The second kappa shape index (κ2) is 1.03. The lowest BCUT2D eigenvalue weighted by molar-refractivity contribution is 0.0909. The molecule has 1 saturated heterocycles. The van der Waals surface area contributed by atoms with Crippen molar-refractivity contribution in [3.63, 3.8) is 0 Å². The topological polar surface area (TPSA) is 9.23 Å². The summed E-state index contributed by atoms with van der Waals surface area (Å²) in [6, 6.07) is 0. The maximum absolute atomic E-state index is 5.45. The molecule has 0 bridgehead atoms. The molecule has 0 aromatic carbocycles. The number of hydrogen-bond acceptors (Lipinski definition) is 1. The van der Waals surface area contributed by atoms with Crippen LogP contribution in [-0.2, 0) is 4.74 Å². The molecule has 1 spiro atoms. The van der Waals surface area contributed by atoms with E-state index in [9.17, 15) is 0 Å². The summed E-state index contributed by atoms with van der Waals surface area (Å²) in [4.78, 5) is 0. The molecule has 2 rings (SSSR count). The van der Waals surface area contributed by atoms with Crippen molar-refractivity contribution < 1.29 is 4.74 Å². The van der Waals surface area contributed by atoms with Gasteiger partial charge in [-0.2, -0.15) is 0 Å². The molecule has 0 atom stereocenters. The molecule has 1 heteroatoms. The van der Waals surface area contributed by atoms with Crippen LogP contribution in [0.1, 0.15) is 25.7 Å². The molecule has 1 nitrogen and oxygen atoms in total. The van der Waals surface area contributed by atoms with Crippen LogP contribution in [0.25, 0.3) is 0 Å². The largest absolute Gasteiger partial charge is 0.375 e. The maximum atomic E-state index is 5.45. The maximum Gasteiger partial charge on any atom is 0.0685 e. The Morgan fingerprint density at radius 3 is 2.29 bits per heavy atom. The van der Waals surface area contributed by atoms with Gasteiger partial charge < -0.3 is 4.74 Å². The number of hydrogen-bond donors (Lipinski definition) is 0. The van der Waals surface area contributed by atoms with Gasteiger partial charge in [0.05, 0.1) is 5.60 Å². The van der Waals surface area contributed by atoms with Crippen LogP contribution < -0.4 is 0 Å². The quantitative estimate of drug-likeness (QED) is 0.444. The van der Waals surface area contributed by atoms with Gasteiger partial charge in [0.1, 0.15) is 0 Å². The lowest BCUT2D eigenvalue weighted by Crippen LogP contribution is -2.02. The SMILES string of the molecule is C1COC2(C1)CC2. The van der Waals surface area contributed by atoms with Crippen molar-refractivity contribution in [2.45, 2.75) is 31.3 Å². The molecule has 0 N–H and O–H groups in total. The van der Waals surface area contributed by atoms with Crippen LogP contribution in [0.4, 0.5) is 0 Å². The summed E-state index contributed by atoms with van der Waals surface area (Å²) in [7, 11) is 0. The Hall–Kier alpha value is -0.0400. The molecular weight excluding hydrogens is 88.1 g/mol. The van der Waals surface area contributed by atoms with E-state index in [-0.39, 0.29) is 0 Å². The standard InChI is InChI=1S/C6H10O/c1-2-6(3-4-6)7-5-1/h1-5H2. The highest BCUT2D eigenvalue weighted by atomic mass is 16.5. The minimum Gasteiger partial charge on any atom is -0.375 e. The summed E-state index contributed by atoms with van der Waals surface area (Å²) in [6.45, 7) is 1.03. The van der Waals surface area contributed by atoms with E-state index in [0.717, 1.165) is 6.61 Å². The summed E-state index contributed by atoms with van der Waals surface area (Å²) >= 11 is 0. The molecule has 2 fully saturated rings. The van der Waals surface area contributed by atoms with Gasteiger partial charge in [0, 0.05) is 6.61 Å². The van der Waals surface area contributed by atoms with E-state index < -0.39 is 0 Å². The second-order valence-electron chi connectivity index (χ2n) is 2.64. The molecule has 40 valence electrons. The first kappa shape index (κ1) is 3.90. The van der Waals surface area contributed by atoms with Gasteiger partial charge in [-0.3, -0.25) is 0 Å². The Morgan fingerprint density at radius 1 is 1.14 bits per heavy atom. The first-order valence-electron chi connectivity index (χ1n) is 3.05. The van der Waals surface area contributed by atoms with E-state index in [2.05, 4.69) is 0 Å². The Bertz CT molecular complexity index is 76.2. The first-order chi connectivity index (χ1) is 3.41. The lowest BCUT2D eigenvalue weighted by Gasteiger charge is -2.00. The third-order valence-corrected chi connectivity index (χ3v) is 1.99. The second-order valence-corrected chi connectivity index (χ2v) is 2.64. The molecule has 0 radical (unpaired) electrons. The molecule has 0 aromatic heterocycles. The molecule has 7 heavy (non-hydrogen) atoms. The summed E-state index contributed by atoms with van der Waals surface area (Å²) in [6.07, 6.45) is 5.33. The van der Waals surface area contributed by atoms with Crippen LogP contribution in [0, 0.1) is 0 Å². The van der Waals surface area contributed by atoms with E-state index in [1.54, 1.807) is 0 Å². The van der Waals surface area contributed by atoms with Crippen molar-refractivity contribution in [2.75, 3.05) is 6.61 Å². The highest BCUT2D eigenvalue weighted by Gasteiger charge is 2.46. The van der Waals surface area contributed by atoms with Crippen LogP contribution in [0.3, 0.4) is 0 Å². The summed E-state index contributed by atoms with van der Waals surface area (Å²) < 4.78 is 5.45. The van der Waals surface area contributed by atoms with Crippen LogP contribution >= 0.6 is 0 Å². The molecule has 1 heterocycles. The van der Waals surface area contributed by atoms with E-state index in [4.69, 9.17) is 4.74 Å². The van der Waals surface area contributed by atoms with Crippen LogP contribution in [-0.4, -0.2) is 12.2 Å². The molecular formula is C6H10O. The molecule has 0 amide bonds. The van der Waals surface area contributed by atoms with Gasteiger partial charge in [0.2, 0.25) is 0 Å². The smallest absolute Gasteiger partial charge is 0.0685 e. The Labute approximate surface area is 43.7 Å². The van der Waals surface area contributed by atoms with Gasteiger partial charge >= 0.3 is 0 Å². The van der Waals surface area contributed by atoms with Gasteiger partial charge in [-0.15, -0.1) is 0 Å². The number of rotatable bonds is 0. The molecule has 1 aliphatic carbocycles. The normalized spacial score (nSPS) is 34.3. The summed E-state index contributed by atoms with van der Waals surface area (Å²) in [5.74, 6) is 0. The fourth-order valence-corrected chi connectivity index (χ4v) is 1.29. The van der Waals surface area contributed by atoms with E-state index in [0.29, 0.717) is 5.60 Å². The minimum absolute atomic E-state index is 0.444. The highest BCUT2D eigenvalue weighted by molar-refractivity contribution is 4.98. The number of ether oxygens (including phenoxy) is 1. The van der Waals surface area contributed by atoms with Crippen LogP contribution in [0.5, 0.6) is 0 Å². The zero-order valence-corrected chi connectivity index (χ0v) is 4.44. The minimum atomic E-state index is 0.444. The van der Waals surface area contributed by atoms with Gasteiger partial charge in [-0.1, -0.05) is 0 Å². The van der Waals surface area contributed by atoms with E-state index in [1.165, 1.54) is 25.7 Å². The monoisotopic (exact) mass is 98.1 g/mol. The fraction of sp³-hybridized carbons (Fsp3) is 1.00. The zero-order valence-electron chi connectivity index (χ0n) is 4.44. The predicted molar refractivity (Wildman–Crippen MR) is 27.2 cm³/mol. The van der Waals surface area contributed by atoms with Crippen molar-refractivity contribution in [3.8, 4) is 0 Å². The third-order valence-electron chi connectivity index (χ3n) is 1.99. The fourth-order valence-electron chi connectivity index (χ4n) is 1.29. The van der Waals surface area contributed by atoms with Crippen LogP contribution in [0.15, 0.2) is 0 Å². The van der Waals surface area contributed by atoms with Gasteiger partial charge in [0.15, 0.2) is 0 Å². The molecule has 2 aliphatic rings. The molecule has 0 unspecified atom stereocenters. The highest BCUT2D eigenvalue weighted by Crippen LogP contribution is 2.46. The zero-order chi connectivity index (χ0) is 4.74. The Morgan fingerprint density at radius 2 is 2.00 bits per heavy atom.